The first kappa shape index (κ1) is 13.5. The van der Waals surface area contributed by atoms with Gasteiger partial charge in [-0.3, -0.25) is 10.1 Å². The van der Waals surface area contributed by atoms with Gasteiger partial charge in [0.1, 0.15) is 16.0 Å². The van der Waals surface area contributed by atoms with Crippen molar-refractivity contribution >= 4 is 21.6 Å². The number of nitrogens with zero attached hydrogens (tertiary/aromatic N) is 1. The lowest BCUT2D eigenvalue weighted by molar-refractivity contribution is -0.385. The van der Waals surface area contributed by atoms with E-state index in [9.17, 15) is 10.1 Å². The van der Waals surface area contributed by atoms with Crippen LogP contribution in [0.1, 0.15) is 5.56 Å². The van der Waals surface area contributed by atoms with Crippen molar-refractivity contribution in [2.24, 2.45) is 0 Å². The van der Waals surface area contributed by atoms with Crippen molar-refractivity contribution in [3.05, 3.63) is 62.6 Å². The van der Waals surface area contributed by atoms with Gasteiger partial charge in [0, 0.05) is 6.07 Å². The molecule has 0 radical (unpaired) electrons. The van der Waals surface area contributed by atoms with Gasteiger partial charge >= 0.3 is 0 Å². The molecule has 0 aliphatic rings. The number of aliphatic hydroxyl groups is 1. The Balaban J connectivity index is 2.27. The fourth-order valence-electron chi connectivity index (χ4n) is 1.51. The van der Waals surface area contributed by atoms with Crippen LogP contribution in [0, 0.1) is 10.1 Å². The Morgan fingerprint density at radius 1 is 1.21 bits per heavy atom. The van der Waals surface area contributed by atoms with Crippen molar-refractivity contribution in [1.82, 2.24) is 0 Å². The Morgan fingerprint density at radius 3 is 2.47 bits per heavy atom. The third-order valence-electron chi connectivity index (χ3n) is 2.47. The highest BCUT2D eigenvalue weighted by Gasteiger charge is 2.16. The molecule has 0 fully saturated rings. The first-order valence-electron chi connectivity index (χ1n) is 5.42. The molecule has 0 unspecified atom stereocenters. The van der Waals surface area contributed by atoms with Crippen LogP contribution in [0.25, 0.3) is 0 Å². The maximum absolute atomic E-state index is 10.8. The van der Waals surface area contributed by atoms with Crippen LogP contribution in [0.15, 0.2) is 46.9 Å². The number of aliphatic hydroxyl groups excluding tert-OH is 1. The normalized spacial score (nSPS) is 10.2. The lowest BCUT2D eigenvalue weighted by Gasteiger charge is -2.08. The first-order chi connectivity index (χ1) is 9.11. The van der Waals surface area contributed by atoms with Crippen molar-refractivity contribution in [3.8, 4) is 11.5 Å². The molecule has 6 heteroatoms. The number of benzene rings is 2. The maximum Gasteiger partial charge on any atom is 0.287 e. The third kappa shape index (κ3) is 3.10. The fraction of sp³-hybridized carbons (Fsp3) is 0.0769. The smallest absolute Gasteiger partial charge is 0.287 e. The summed E-state index contributed by atoms with van der Waals surface area (Å²) in [5.74, 6) is 0.907. The van der Waals surface area contributed by atoms with E-state index in [0.717, 1.165) is 5.56 Å². The van der Waals surface area contributed by atoms with Gasteiger partial charge in [0.05, 0.1) is 11.5 Å². The minimum absolute atomic E-state index is 0.0409. The molecule has 0 aromatic heterocycles. The van der Waals surface area contributed by atoms with Crippen molar-refractivity contribution in [3.63, 3.8) is 0 Å². The van der Waals surface area contributed by atoms with Crippen LogP contribution < -0.4 is 4.74 Å². The highest BCUT2D eigenvalue weighted by molar-refractivity contribution is 9.10. The van der Waals surface area contributed by atoms with E-state index >= 15 is 0 Å². The number of nitro groups is 1. The average Bonchev–Trinajstić information content (AvgIpc) is 2.41. The van der Waals surface area contributed by atoms with E-state index in [1.54, 1.807) is 36.4 Å². The zero-order valence-electron chi connectivity index (χ0n) is 9.75. The molecule has 0 saturated heterocycles. The Kier molecular flexibility index (Phi) is 4.13. The second-order valence-corrected chi connectivity index (χ2v) is 4.54. The van der Waals surface area contributed by atoms with Gasteiger partial charge in [0.25, 0.3) is 5.69 Å². The number of nitro benzene ring substituents is 1. The van der Waals surface area contributed by atoms with E-state index in [1.165, 1.54) is 6.07 Å². The molecule has 5 nitrogen and oxygen atoms in total. The summed E-state index contributed by atoms with van der Waals surface area (Å²) in [5.41, 5.74) is 0.718. The molecule has 19 heavy (non-hydrogen) atoms. The van der Waals surface area contributed by atoms with Crippen molar-refractivity contribution in [1.29, 1.82) is 0 Å². The predicted molar refractivity (Wildman–Crippen MR) is 73.2 cm³/mol. The molecule has 1 N–H and O–H groups in total. The first-order valence-corrected chi connectivity index (χ1v) is 6.21. The van der Waals surface area contributed by atoms with Crippen LogP contribution in [-0.2, 0) is 6.61 Å². The Bertz CT molecular complexity index is 598. The Morgan fingerprint density at radius 2 is 1.89 bits per heavy atom. The van der Waals surface area contributed by atoms with Gasteiger partial charge in [0.2, 0.25) is 0 Å². The summed E-state index contributed by atoms with van der Waals surface area (Å²) in [5, 5.41) is 19.7. The minimum Gasteiger partial charge on any atom is -0.456 e. The molecule has 98 valence electrons. The third-order valence-corrected chi connectivity index (χ3v) is 3.27. The lowest BCUT2D eigenvalue weighted by Crippen LogP contribution is -1.92. The molecule has 0 saturated carbocycles. The van der Waals surface area contributed by atoms with Gasteiger partial charge in [-0.2, -0.15) is 0 Å². The van der Waals surface area contributed by atoms with Gasteiger partial charge in [0.15, 0.2) is 0 Å². The summed E-state index contributed by atoms with van der Waals surface area (Å²) in [6.45, 7) is -0.0409. The summed E-state index contributed by atoms with van der Waals surface area (Å²) in [7, 11) is 0. The zero-order chi connectivity index (χ0) is 13.8. The fourth-order valence-corrected chi connectivity index (χ4v) is 2.00. The van der Waals surface area contributed by atoms with Crippen LogP contribution in [0.3, 0.4) is 0 Å². The second-order valence-electron chi connectivity index (χ2n) is 3.75. The molecule has 0 aliphatic carbocycles. The molecule has 0 spiro atoms. The molecule has 2 aromatic rings. The standard InChI is InChI=1S/C13H10BrNO4/c14-13-11(15(17)18)2-1-3-12(13)19-10-6-4-9(8-16)5-7-10/h1-7,16H,8H2. The number of ether oxygens (including phenoxy) is 1. The van der Waals surface area contributed by atoms with E-state index in [4.69, 9.17) is 9.84 Å². The zero-order valence-corrected chi connectivity index (χ0v) is 11.3. The molecule has 0 aliphatic heterocycles. The van der Waals surface area contributed by atoms with E-state index in [1.807, 2.05) is 0 Å². The minimum atomic E-state index is -0.480. The van der Waals surface area contributed by atoms with Crippen LogP contribution >= 0.6 is 15.9 Å². The molecular formula is C13H10BrNO4. The van der Waals surface area contributed by atoms with Crippen molar-refractivity contribution in [2.45, 2.75) is 6.61 Å². The van der Waals surface area contributed by atoms with Crippen molar-refractivity contribution < 1.29 is 14.8 Å². The topological polar surface area (TPSA) is 72.6 Å². The Labute approximate surface area is 117 Å². The predicted octanol–water partition coefficient (Wildman–Crippen LogP) is 3.64. The number of hydrogen-bond donors (Lipinski definition) is 1. The second kappa shape index (κ2) is 5.81. The van der Waals surface area contributed by atoms with Crippen LogP contribution in [0.5, 0.6) is 11.5 Å². The maximum atomic E-state index is 10.8. The van der Waals surface area contributed by atoms with Gasteiger partial charge in [-0.15, -0.1) is 0 Å². The molecule has 2 aromatic carbocycles. The monoisotopic (exact) mass is 323 g/mol. The summed E-state index contributed by atoms with van der Waals surface area (Å²) < 4.78 is 5.86. The summed E-state index contributed by atoms with van der Waals surface area (Å²) in [6.07, 6.45) is 0. The average molecular weight is 324 g/mol. The van der Waals surface area contributed by atoms with Gasteiger partial charge in [-0.05, 0) is 39.7 Å². The van der Waals surface area contributed by atoms with Crippen LogP contribution in [0.4, 0.5) is 5.69 Å². The molecule has 0 atom stereocenters. The van der Waals surface area contributed by atoms with Crippen molar-refractivity contribution in [2.75, 3.05) is 0 Å². The van der Waals surface area contributed by atoms with E-state index in [2.05, 4.69) is 15.9 Å². The van der Waals surface area contributed by atoms with Gasteiger partial charge in [-0.1, -0.05) is 18.2 Å². The molecule has 0 amide bonds. The number of hydrogen-bond acceptors (Lipinski definition) is 4. The summed E-state index contributed by atoms with van der Waals surface area (Å²) in [4.78, 5) is 10.3. The van der Waals surface area contributed by atoms with E-state index in [0.29, 0.717) is 16.0 Å². The molecule has 2 rings (SSSR count). The van der Waals surface area contributed by atoms with E-state index < -0.39 is 4.92 Å². The SMILES string of the molecule is O=[N+]([O-])c1cccc(Oc2ccc(CO)cc2)c1Br. The van der Waals surface area contributed by atoms with Gasteiger partial charge in [-0.25, -0.2) is 0 Å². The quantitative estimate of drug-likeness (QED) is 0.688. The molecular weight excluding hydrogens is 314 g/mol. The highest BCUT2D eigenvalue weighted by atomic mass is 79.9. The molecule has 0 bridgehead atoms. The summed E-state index contributed by atoms with van der Waals surface area (Å²) in [6, 6.07) is 11.4. The van der Waals surface area contributed by atoms with Crippen LogP contribution in [0.2, 0.25) is 0 Å². The summed E-state index contributed by atoms with van der Waals surface area (Å²) >= 11 is 3.16. The highest BCUT2D eigenvalue weighted by Crippen LogP contribution is 2.36. The van der Waals surface area contributed by atoms with Gasteiger partial charge < -0.3 is 9.84 Å². The van der Waals surface area contributed by atoms with Crippen LogP contribution in [-0.4, -0.2) is 10.0 Å². The van der Waals surface area contributed by atoms with E-state index in [-0.39, 0.29) is 12.3 Å². The lowest BCUT2D eigenvalue weighted by atomic mass is 10.2. The number of halogens is 1. The Hall–Kier alpha value is -1.92. The largest absolute Gasteiger partial charge is 0.456 e. The molecule has 0 heterocycles. The number of rotatable bonds is 4.